The van der Waals surface area contributed by atoms with E-state index in [1.807, 2.05) is 0 Å². The lowest BCUT2D eigenvalue weighted by atomic mass is 9.46. The first-order chi connectivity index (χ1) is 18.2. The molecule has 4 rings (SSSR count). The summed E-state index contributed by atoms with van der Waals surface area (Å²) in [6.45, 7) is 17.0. The van der Waals surface area contributed by atoms with Gasteiger partial charge in [-0.15, -0.1) is 0 Å². The molecule has 6 heteroatoms. The average molecular weight is 608 g/mol. The molecule has 0 amide bonds. The van der Waals surface area contributed by atoms with Gasteiger partial charge in [0, 0.05) is 24.8 Å². The predicted octanol–water partition coefficient (Wildman–Crippen LogP) is 7.69. The second-order valence-corrected chi connectivity index (χ2v) is 15.2. The summed E-state index contributed by atoms with van der Waals surface area (Å²) < 4.78 is 11.3. The van der Waals surface area contributed by atoms with E-state index < -0.39 is 23.6 Å². The van der Waals surface area contributed by atoms with Crippen LogP contribution in [0.15, 0.2) is 11.6 Å². The second-order valence-electron chi connectivity index (χ2n) is 14.2. The summed E-state index contributed by atoms with van der Waals surface area (Å²) >= 11 is 3.92. The molecule has 4 aliphatic carbocycles. The maximum absolute atomic E-state index is 14.0. The molecule has 39 heavy (non-hydrogen) atoms. The minimum Gasteiger partial charge on any atom is -0.458 e. The first-order valence-corrected chi connectivity index (χ1v) is 16.4. The Hall–Kier alpha value is -1.17. The smallest absolute Gasteiger partial charge is 0.303 e. The number of carbonyl (C=O) groups is 3. The van der Waals surface area contributed by atoms with Crippen molar-refractivity contribution in [3.63, 3.8) is 0 Å². The van der Waals surface area contributed by atoms with E-state index in [9.17, 15) is 14.4 Å². The highest BCUT2D eigenvalue weighted by atomic mass is 79.9. The lowest BCUT2D eigenvalue weighted by molar-refractivity contribution is -0.168. The number of ketones is 1. The van der Waals surface area contributed by atoms with Gasteiger partial charge < -0.3 is 9.47 Å². The molecule has 0 spiro atoms. The van der Waals surface area contributed by atoms with Crippen LogP contribution in [0, 0.1) is 52.3 Å². The third-order valence-electron chi connectivity index (χ3n) is 11.8. The van der Waals surface area contributed by atoms with Crippen molar-refractivity contribution in [2.24, 2.45) is 52.3 Å². The molecule has 3 saturated carbocycles. The number of alkyl halides is 1. The Bertz CT molecular complexity index is 989. The van der Waals surface area contributed by atoms with Crippen LogP contribution in [-0.2, 0) is 23.9 Å². The fraction of sp³-hybridized carbons (Fsp3) is 0.848. The van der Waals surface area contributed by atoms with E-state index in [4.69, 9.17) is 9.47 Å². The van der Waals surface area contributed by atoms with Gasteiger partial charge in [0.25, 0.3) is 0 Å². The lowest BCUT2D eigenvalue weighted by Crippen LogP contribution is -2.59. The number of ether oxygens (including phenoxy) is 2. The van der Waals surface area contributed by atoms with Gasteiger partial charge in [-0.1, -0.05) is 70.3 Å². The first kappa shape index (κ1) is 30.8. The fourth-order valence-electron chi connectivity index (χ4n) is 9.78. The van der Waals surface area contributed by atoms with Gasteiger partial charge in [-0.25, -0.2) is 0 Å². The fourth-order valence-corrected chi connectivity index (χ4v) is 10.8. The number of carbonyl (C=O) groups excluding carboxylic acids is 3. The SMILES string of the molecule is CC[C@H](CC[C@@H](C)[C@H]1CC[C@H]2[C@@H]3[C@H](Br)C(=O)C4=C[C@H](OC(C)=O)[C@H](OC(C)=O)C[C@]4(C)[C@H]3CC[C@]12C)C(C)C. The van der Waals surface area contributed by atoms with Gasteiger partial charge in [0.15, 0.2) is 11.9 Å². The van der Waals surface area contributed by atoms with E-state index in [-0.39, 0.29) is 27.9 Å². The van der Waals surface area contributed by atoms with Crippen LogP contribution in [0.1, 0.15) is 107 Å². The Morgan fingerprint density at radius 1 is 1.03 bits per heavy atom. The zero-order valence-electron chi connectivity index (χ0n) is 25.4. The van der Waals surface area contributed by atoms with Crippen molar-refractivity contribution >= 4 is 33.7 Å². The monoisotopic (exact) mass is 606 g/mol. The number of hydrogen-bond acceptors (Lipinski definition) is 5. The molecule has 0 bridgehead atoms. The number of Topliss-reactive ketones (excluding diaryl/α,β-unsaturated/α-hetero) is 1. The quantitative estimate of drug-likeness (QED) is 0.209. The zero-order valence-corrected chi connectivity index (χ0v) is 27.0. The Labute approximate surface area is 244 Å². The van der Waals surface area contributed by atoms with E-state index in [0.29, 0.717) is 30.1 Å². The molecule has 4 aliphatic rings. The number of allylic oxidation sites excluding steroid dienone is 1. The Balaban J connectivity index is 1.61. The van der Waals surface area contributed by atoms with Crippen molar-refractivity contribution < 1.29 is 23.9 Å². The molecule has 0 aromatic heterocycles. The molecule has 220 valence electrons. The van der Waals surface area contributed by atoms with Crippen molar-refractivity contribution in [2.45, 2.75) is 124 Å². The van der Waals surface area contributed by atoms with E-state index in [2.05, 4.69) is 57.5 Å². The topological polar surface area (TPSA) is 69.7 Å². The Morgan fingerprint density at radius 2 is 1.69 bits per heavy atom. The average Bonchev–Trinajstić information content (AvgIpc) is 3.20. The van der Waals surface area contributed by atoms with Gasteiger partial charge in [0.2, 0.25) is 0 Å². The number of esters is 2. The minimum absolute atomic E-state index is 0.126. The maximum Gasteiger partial charge on any atom is 0.303 e. The van der Waals surface area contributed by atoms with Gasteiger partial charge >= 0.3 is 11.9 Å². The molecule has 0 saturated heterocycles. The van der Waals surface area contributed by atoms with Crippen LogP contribution in [0.25, 0.3) is 0 Å². The molecule has 0 unspecified atom stereocenters. The van der Waals surface area contributed by atoms with Gasteiger partial charge in [0.05, 0.1) is 4.83 Å². The van der Waals surface area contributed by atoms with Crippen LogP contribution in [0.4, 0.5) is 0 Å². The molecule has 5 nitrogen and oxygen atoms in total. The van der Waals surface area contributed by atoms with Gasteiger partial charge in [-0.3, -0.25) is 14.4 Å². The maximum atomic E-state index is 14.0. The molecule has 3 fully saturated rings. The van der Waals surface area contributed by atoms with Crippen LogP contribution < -0.4 is 0 Å². The third kappa shape index (κ3) is 5.54. The summed E-state index contributed by atoms with van der Waals surface area (Å²) in [6, 6.07) is 0. The molecule has 0 radical (unpaired) electrons. The van der Waals surface area contributed by atoms with E-state index in [1.165, 1.54) is 52.4 Å². The summed E-state index contributed by atoms with van der Waals surface area (Å²) in [5.41, 5.74) is 0.597. The highest BCUT2D eigenvalue weighted by Gasteiger charge is 2.64. The van der Waals surface area contributed by atoms with Crippen LogP contribution >= 0.6 is 15.9 Å². The van der Waals surface area contributed by atoms with E-state index in [0.717, 1.165) is 23.8 Å². The largest absolute Gasteiger partial charge is 0.458 e. The Kier molecular flexibility index (Phi) is 9.16. The molecule has 0 aromatic rings. The van der Waals surface area contributed by atoms with E-state index in [1.54, 1.807) is 6.08 Å². The van der Waals surface area contributed by atoms with E-state index >= 15 is 0 Å². The lowest BCUT2D eigenvalue weighted by Gasteiger charge is -2.60. The standard InChI is InChI=1S/C33H51BrO5/c1-9-22(18(2)3)11-10-19(4)23-12-13-24-29-25(14-15-32(23,24)7)33(8)17-28(39-21(6)36)27(38-20(5)35)16-26(33)31(37)30(29)34/h16,18-19,22-25,27-30H,9-15,17H2,1-8H3/t19-,22-,23-,24+,25+,27+,28-,29+,30+,32-,33-/m1/s1. The summed E-state index contributed by atoms with van der Waals surface area (Å²) in [7, 11) is 0. The van der Waals surface area contributed by atoms with Crippen molar-refractivity contribution in [1.29, 1.82) is 0 Å². The summed E-state index contributed by atoms with van der Waals surface area (Å²) in [4.78, 5) is 37.6. The summed E-state index contributed by atoms with van der Waals surface area (Å²) in [5, 5.41) is 0. The van der Waals surface area contributed by atoms with Crippen molar-refractivity contribution in [3.8, 4) is 0 Å². The molecular formula is C33H51BrO5. The molecule has 0 aliphatic heterocycles. The minimum atomic E-state index is -0.724. The zero-order chi connectivity index (χ0) is 28.9. The second kappa shape index (κ2) is 11.6. The molecular weight excluding hydrogens is 556 g/mol. The highest BCUT2D eigenvalue weighted by molar-refractivity contribution is 9.10. The number of fused-ring (bicyclic) bond motifs is 5. The first-order valence-electron chi connectivity index (χ1n) is 15.5. The third-order valence-corrected chi connectivity index (χ3v) is 12.8. The Morgan fingerprint density at radius 3 is 2.28 bits per heavy atom. The normalized spacial score (nSPS) is 41.1. The van der Waals surface area contributed by atoms with Crippen molar-refractivity contribution in [3.05, 3.63) is 11.6 Å². The van der Waals surface area contributed by atoms with Crippen LogP contribution in [-0.4, -0.2) is 34.8 Å². The molecule has 11 atom stereocenters. The van der Waals surface area contributed by atoms with Crippen molar-refractivity contribution in [2.75, 3.05) is 0 Å². The predicted molar refractivity (Wildman–Crippen MR) is 157 cm³/mol. The number of rotatable bonds is 8. The molecule has 0 aromatic carbocycles. The van der Waals surface area contributed by atoms with Crippen LogP contribution in [0.3, 0.4) is 0 Å². The number of halogens is 1. The van der Waals surface area contributed by atoms with Crippen LogP contribution in [0.2, 0.25) is 0 Å². The summed E-state index contributed by atoms with van der Waals surface area (Å²) in [6.07, 6.45) is 9.56. The molecule has 0 heterocycles. The van der Waals surface area contributed by atoms with Gasteiger partial charge in [-0.2, -0.15) is 0 Å². The van der Waals surface area contributed by atoms with Crippen LogP contribution in [0.5, 0.6) is 0 Å². The van der Waals surface area contributed by atoms with Crippen molar-refractivity contribution in [1.82, 2.24) is 0 Å². The van der Waals surface area contributed by atoms with Gasteiger partial charge in [0.1, 0.15) is 6.10 Å². The van der Waals surface area contributed by atoms with Gasteiger partial charge in [-0.05, 0) is 91.4 Å². The number of hydrogen-bond donors (Lipinski definition) is 0. The summed E-state index contributed by atoms with van der Waals surface area (Å²) in [5.74, 6) is 3.31. The highest BCUT2D eigenvalue weighted by Crippen LogP contribution is 2.68. The molecule has 0 N–H and O–H groups in total.